The van der Waals surface area contributed by atoms with E-state index in [0.29, 0.717) is 6.54 Å². The van der Waals surface area contributed by atoms with E-state index in [2.05, 4.69) is 10.4 Å². The van der Waals surface area contributed by atoms with Crippen LogP contribution in [0.1, 0.15) is 5.69 Å². The van der Waals surface area contributed by atoms with Crippen LogP contribution in [0.3, 0.4) is 0 Å². The van der Waals surface area contributed by atoms with Gasteiger partial charge in [-0.2, -0.15) is 5.10 Å². The van der Waals surface area contributed by atoms with E-state index in [0.717, 1.165) is 16.3 Å². The van der Waals surface area contributed by atoms with Crippen molar-refractivity contribution in [1.29, 1.82) is 0 Å². The molecule has 2 heterocycles. The maximum absolute atomic E-state index is 13.4. The molecule has 1 N–H and O–H groups in total. The van der Waals surface area contributed by atoms with Crippen molar-refractivity contribution in [2.24, 2.45) is 7.05 Å². The molecule has 0 aliphatic rings. The number of carbonyl (C=O) groups is 1. The first-order valence-electron chi connectivity index (χ1n) is 7.34. The number of aromatic nitrogens is 2. The van der Waals surface area contributed by atoms with Gasteiger partial charge in [-0.1, -0.05) is 18.2 Å². The van der Waals surface area contributed by atoms with Gasteiger partial charge in [-0.3, -0.25) is 9.48 Å². The first-order valence-corrected chi connectivity index (χ1v) is 8.22. The Morgan fingerprint density at radius 2 is 2.17 bits per heavy atom. The summed E-state index contributed by atoms with van der Waals surface area (Å²) >= 11 is 1.61. The van der Waals surface area contributed by atoms with Crippen molar-refractivity contribution in [2.75, 3.05) is 6.61 Å². The zero-order valence-corrected chi connectivity index (χ0v) is 13.8. The highest BCUT2D eigenvalue weighted by molar-refractivity contribution is 7.13. The van der Waals surface area contributed by atoms with Crippen LogP contribution in [-0.4, -0.2) is 22.3 Å². The summed E-state index contributed by atoms with van der Waals surface area (Å²) in [7, 11) is 1.83. The average Bonchev–Trinajstić information content (AvgIpc) is 3.22. The van der Waals surface area contributed by atoms with Gasteiger partial charge in [0.05, 0.1) is 17.1 Å². The number of rotatable bonds is 6. The predicted molar refractivity (Wildman–Crippen MR) is 90.3 cm³/mol. The fourth-order valence-corrected chi connectivity index (χ4v) is 2.84. The summed E-state index contributed by atoms with van der Waals surface area (Å²) in [5.41, 5.74) is 1.75. The maximum atomic E-state index is 13.4. The summed E-state index contributed by atoms with van der Waals surface area (Å²) in [5.74, 6) is -0.747. The first-order chi connectivity index (χ1) is 11.6. The van der Waals surface area contributed by atoms with E-state index in [1.807, 2.05) is 30.6 Å². The fourth-order valence-electron chi connectivity index (χ4n) is 2.16. The van der Waals surface area contributed by atoms with Crippen LogP contribution in [0.15, 0.2) is 47.8 Å². The third-order valence-electron chi connectivity index (χ3n) is 3.41. The molecule has 3 rings (SSSR count). The number of carbonyl (C=O) groups excluding carboxylic acids is 1. The quantitative estimate of drug-likeness (QED) is 0.747. The van der Waals surface area contributed by atoms with Gasteiger partial charge in [-0.15, -0.1) is 11.3 Å². The molecule has 2 aromatic heterocycles. The van der Waals surface area contributed by atoms with Crippen molar-refractivity contribution < 1.29 is 13.9 Å². The largest absolute Gasteiger partial charge is 0.481 e. The van der Waals surface area contributed by atoms with Crippen LogP contribution in [0.25, 0.3) is 10.6 Å². The summed E-state index contributed by atoms with van der Waals surface area (Å²) in [5, 5.41) is 9.17. The average molecular weight is 345 g/mol. The Balaban J connectivity index is 1.54. The van der Waals surface area contributed by atoms with Crippen LogP contribution >= 0.6 is 11.3 Å². The molecule has 5 nitrogen and oxygen atoms in total. The Hall–Kier alpha value is -2.67. The molecule has 0 aliphatic carbocycles. The molecule has 0 unspecified atom stereocenters. The zero-order chi connectivity index (χ0) is 16.9. The van der Waals surface area contributed by atoms with Crippen LogP contribution in [0, 0.1) is 5.82 Å². The number of hydrogen-bond acceptors (Lipinski definition) is 4. The lowest BCUT2D eigenvalue weighted by Crippen LogP contribution is -2.29. The van der Waals surface area contributed by atoms with Crippen molar-refractivity contribution in [2.45, 2.75) is 6.54 Å². The Morgan fingerprint density at radius 3 is 2.92 bits per heavy atom. The molecule has 1 aromatic carbocycles. The molecule has 0 radical (unpaired) electrons. The number of hydrogen-bond donors (Lipinski definition) is 1. The van der Waals surface area contributed by atoms with Gasteiger partial charge in [-0.05, 0) is 29.6 Å². The van der Waals surface area contributed by atoms with E-state index in [1.54, 1.807) is 28.2 Å². The van der Waals surface area contributed by atoms with Crippen LogP contribution in [0.5, 0.6) is 5.75 Å². The van der Waals surface area contributed by atoms with E-state index >= 15 is 0 Å². The molecule has 0 saturated carbocycles. The predicted octanol–water partition coefficient (Wildman–Crippen LogP) is 2.98. The Bertz CT molecular complexity index is 830. The van der Waals surface area contributed by atoms with Crippen LogP contribution in [0.4, 0.5) is 4.39 Å². The molecule has 0 atom stereocenters. The summed E-state index contributed by atoms with van der Waals surface area (Å²) in [4.78, 5) is 12.9. The second-order valence-electron chi connectivity index (χ2n) is 5.12. The van der Waals surface area contributed by atoms with Crippen molar-refractivity contribution in [3.8, 4) is 16.3 Å². The van der Waals surface area contributed by atoms with Gasteiger partial charge in [0.1, 0.15) is 5.69 Å². The highest BCUT2D eigenvalue weighted by Crippen LogP contribution is 2.23. The molecule has 0 fully saturated rings. The van der Waals surface area contributed by atoms with Crippen LogP contribution in [0.2, 0.25) is 0 Å². The van der Waals surface area contributed by atoms with Crippen LogP contribution in [-0.2, 0) is 18.4 Å². The summed E-state index contributed by atoms with van der Waals surface area (Å²) in [6, 6.07) is 11.9. The van der Waals surface area contributed by atoms with E-state index < -0.39 is 5.82 Å². The van der Waals surface area contributed by atoms with Gasteiger partial charge in [0.25, 0.3) is 5.91 Å². The number of benzene rings is 1. The molecule has 24 heavy (non-hydrogen) atoms. The van der Waals surface area contributed by atoms with Crippen LogP contribution < -0.4 is 10.1 Å². The van der Waals surface area contributed by atoms with Crippen molar-refractivity contribution in [3.05, 3.63) is 59.4 Å². The molecule has 0 bridgehead atoms. The SMILES string of the molecule is Cn1nc(-c2cccs2)cc1CNC(=O)COc1ccccc1F. The van der Waals surface area contributed by atoms with Crippen molar-refractivity contribution in [1.82, 2.24) is 15.1 Å². The third-order valence-corrected chi connectivity index (χ3v) is 4.30. The molecular formula is C17H16FN3O2S. The van der Waals surface area contributed by atoms with E-state index in [9.17, 15) is 9.18 Å². The fraction of sp³-hybridized carbons (Fsp3) is 0.176. The standard InChI is InChI=1S/C17H16FN3O2S/c1-21-12(9-14(20-21)16-7-4-8-24-16)10-19-17(22)11-23-15-6-3-2-5-13(15)18/h2-9H,10-11H2,1H3,(H,19,22). The Labute approximate surface area is 142 Å². The number of nitrogens with one attached hydrogen (secondary N) is 1. The molecule has 3 aromatic rings. The van der Waals surface area contributed by atoms with Gasteiger partial charge in [-0.25, -0.2) is 4.39 Å². The smallest absolute Gasteiger partial charge is 0.258 e. The summed E-state index contributed by atoms with van der Waals surface area (Å²) < 4.78 is 20.3. The summed E-state index contributed by atoms with van der Waals surface area (Å²) in [6.07, 6.45) is 0. The lowest BCUT2D eigenvalue weighted by molar-refractivity contribution is -0.123. The lowest BCUT2D eigenvalue weighted by Gasteiger charge is -2.08. The van der Waals surface area contributed by atoms with Gasteiger partial charge in [0.2, 0.25) is 0 Å². The van der Waals surface area contributed by atoms with Gasteiger partial charge in [0, 0.05) is 7.05 Å². The van der Waals surface area contributed by atoms with E-state index in [-0.39, 0.29) is 18.3 Å². The molecule has 7 heteroatoms. The Morgan fingerprint density at radius 1 is 1.33 bits per heavy atom. The van der Waals surface area contributed by atoms with Gasteiger partial charge in [0.15, 0.2) is 18.2 Å². The highest BCUT2D eigenvalue weighted by Gasteiger charge is 2.10. The van der Waals surface area contributed by atoms with Gasteiger partial charge < -0.3 is 10.1 Å². The van der Waals surface area contributed by atoms with E-state index in [1.165, 1.54) is 12.1 Å². The normalized spacial score (nSPS) is 10.6. The zero-order valence-electron chi connectivity index (χ0n) is 13.0. The minimum atomic E-state index is -0.488. The maximum Gasteiger partial charge on any atom is 0.258 e. The second kappa shape index (κ2) is 7.27. The monoisotopic (exact) mass is 345 g/mol. The molecule has 124 valence electrons. The second-order valence-corrected chi connectivity index (χ2v) is 6.07. The minimum Gasteiger partial charge on any atom is -0.481 e. The Kier molecular flexibility index (Phi) is 4.90. The number of amides is 1. The highest BCUT2D eigenvalue weighted by atomic mass is 32.1. The topological polar surface area (TPSA) is 56.2 Å². The molecule has 0 aliphatic heterocycles. The minimum absolute atomic E-state index is 0.0631. The molecule has 0 spiro atoms. The lowest BCUT2D eigenvalue weighted by atomic mass is 10.3. The van der Waals surface area contributed by atoms with Crippen molar-refractivity contribution in [3.63, 3.8) is 0 Å². The number of nitrogens with zero attached hydrogens (tertiary/aromatic N) is 2. The molecule has 0 saturated heterocycles. The first kappa shape index (κ1) is 16.2. The molecule has 1 amide bonds. The van der Waals surface area contributed by atoms with Crippen molar-refractivity contribution >= 4 is 17.2 Å². The van der Waals surface area contributed by atoms with Gasteiger partial charge >= 0.3 is 0 Å². The number of aryl methyl sites for hydroxylation is 1. The van der Waals surface area contributed by atoms with E-state index in [4.69, 9.17) is 4.74 Å². The number of halogens is 1. The number of thiophene rings is 1. The third kappa shape index (κ3) is 3.80. The molecular weight excluding hydrogens is 329 g/mol. The number of para-hydroxylation sites is 1. The number of ether oxygens (including phenoxy) is 1. The summed E-state index contributed by atoms with van der Waals surface area (Å²) in [6.45, 7) is 0.0882.